The number of alkyl halides is 1. The molecule has 1 nitrogen and oxygen atoms in total. The molecule has 0 aliphatic heterocycles. The fourth-order valence-electron chi connectivity index (χ4n) is 2.06. The average Bonchev–Trinajstić information content (AvgIpc) is 2.22. The lowest BCUT2D eigenvalue weighted by atomic mass is 9.90. The Morgan fingerprint density at radius 1 is 1.21 bits per heavy atom. The normalized spacial score (nSPS) is 17.9. The highest BCUT2D eigenvalue weighted by Gasteiger charge is 2.41. The van der Waals surface area contributed by atoms with Crippen LogP contribution in [0.3, 0.4) is 0 Å². The first-order chi connectivity index (χ1) is 8.42. The third-order valence-electron chi connectivity index (χ3n) is 4.27. The second-order valence-electron chi connectivity index (χ2n) is 7.61. The maximum atomic E-state index is 6.71. The molecule has 0 saturated carbocycles. The summed E-state index contributed by atoms with van der Waals surface area (Å²) in [5.74, 6) is 1.15. The van der Waals surface area contributed by atoms with E-state index < -0.39 is 8.32 Å². The van der Waals surface area contributed by atoms with Crippen LogP contribution < -0.4 is 0 Å². The fraction of sp³-hybridized carbons (Fsp3) is 0.875. The van der Waals surface area contributed by atoms with E-state index in [-0.39, 0.29) is 5.04 Å². The zero-order chi connectivity index (χ0) is 15.4. The van der Waals surface area contributed by atoms with Crippen molar-refractivity contribution in [3.63, 3.8) is 0 Å². The van der Waals surface area contributed by atoms with E-state index in [2.05, 4.69) is 83.8 Å². The molecule has 3 atom stereocenters. The van der Waals surface area contributed by atoms with E-state index in [9.17, 15) is 0 Å². The summed E-state index contributed by atoms with van der Waals surface area (Å²) in [6, 6.07) is 0. The topological polar surface area (TPSA) is 9.23 Å². The van der Waals surface area contributed by atoms with Crippen LogP contribution in [0.4, 0.5) is 0 Å². The smallest absolute Gasteiger partial charge is 0.192 e. The molecule has 0 aliphatic carbocycles. The quantitative estimate of drug-likeness (QED) is 0.220. The first-order valence-corrected chi connectivity index (χ1v) is 11.7. The van der Waals surface area contributed by atoms with Crippen LogP contribution in [0.25, 0.3) is 0 Å². The molecule has 0 aliphatic rings. The fourth-order valence-corrected chi connectivity index (χ4v) is 4.06. The van der Waals surface area contributed by atoms with Gasteiger partial charge in [0.15, 0.2) is 8.32 Å². The van der Waals surface area contributed by atoms with Crippen molar-refractivity contribution < 1.29 is 4.43 Å². The predicted octanol–water partition coefficient (Wildman–Crippen LogP) is 6.05. The molecule has 0 unspecified atom stereocenters. The van der Waals surface area contributed by atoms with Gasteiger partial charge in [-0.15, -0.1) is 6.58 Å². The summed E-state index contributed by atoms with van der Waals surface area (Å²) in [5, 5.41) is 0.277. The summed E-state index contributed by atoms with van der Waals surface area (Å²) in [6.45, 7) is 22.5. The van der Waals surface area contributed by atoms with E-state index in [0.717, 1.165) is 10.8 Å². The molecule has 0 heterocycles. The minimum Gasteiger partial charge on any atom is -0.413 e. The minimum absolute atomic E-state index is 0.277. The van der Waals surface area contributed by atoms with E-state index in [0.29, 0.717) is 17.9 Å². The molecule has 114 valence electrons. The van der Waals surface area contributed by atoms with Gasteiger partial charge >= 0.3 is 0 Å². The molecule has 0 aromatic heterocycles. The van der Waals surface area contributed by atoms with Crippen molar-refractivity contribution in [1.82, 2.24) is 0 Å². The van der Waals surface area contributed by atoms with Gasteiger partial charge in [-0.1, -0.05) is 62.8 Å². The summed E-state index contributed by atoms with van der Waals surface area (Å²) in [5.41, 5.74) is 1.26. The zero-order valence-electron chi connectivity index (χ0n) is 14.1. The average molecular weight is 396 g/mol. The molecule has 0 saturated heterocycles. The van der Waals surface area contributed by atoms with E-state index in [1.54, 1.807) is 0 Å². The maximum absolute atomic E-state index is 6.71. The Morgan fingerprint density at radius 2 is 1.68 bits per heavy atom. The first kappa shape index (κ1) is 19.6. The lowest BCUT2D eigenvalue weighted by molar-refractivity contribution is 0.0851. The number of rotatable bonds is 7. The van der Waals surface area contributed by atoms with Crippen LogP contribution in [-0.4, -0.2) is 18.8 Å². The summed E-state index contributed by atoms with van der Waals surface area (Å²) < 4.78 is 7.86. The Labute approximate surface area is 135 Å². The van der Waals surface area contributed by atoms with Crippen molar-refractivity contribution in [2.45, 2.75) is 72.2 Å². The molecule has 0 aromatic carbocycles. The molecule has 0 aromatic rings. The van der Waals surface area contributed by atoms with Gasteiger partial charge in [-0.05, 0) is 43.3 Å². The Morgan fingerprint density at radius 3 is 2.00 bits per heavy atom. The van der Waals surface area contributed by atoms with Crippen molar-refractivity contribution in [2.75, 3.05) is 4.43 Å². The van der Waals surface area contributed by atoms with Crippen LogP contribution in [0.1, 0.15) is 48.0 Å². The number of hydrogen-bond acceptors (Lipinski definition) is 1. The van der Waals surface area contributed by atoms with Crippen LogP contribution in [-0.2, 0) is 4.43 Å². The van der Waals surface area contributed by atoms with Gasteiger partial charge in [-0.3, -0.25) is 0 Å². The summed E-state index contributed by atoms with van der Waals surface area (Å²) in [7, 11) is -1.69. The molecule has 3 heteroatoms. The number of allylic oxidation sites excluding steroid dienone is 1. The lowest BCUT2D eigenvalue weighted by Crippen LogP contribution is -2.47. The SMILES string of the molecule is C=C(C)C[C@H](C)[C@@H](O[Si](C)(C)C(C)(C)C)[C@@H](C)CI. The molecule has 0 radical (unpaired) electrons. The van der Waals surface area contributed by atoms with Gasteiger partial charge in [0.05, 0.1) is 6.10 Å². The standard InChI is InChI=1S/C16H33IOSi/c1-12(2)10-13(3)15(14(4)11-17)18-19(8,9)16(5,6)7/h13-15H,1,10-11H2,2-9H3/t13-,14-,15+/m0/s1. The van der Waals surface area contributed by atoms with E-state index in [1.807, 2.05) is 0 Å². The lowest BCUT2D eigenvalue weighted by Gasteiger charge is -2.42. The van der Waals surface area contributed by atoms with Crippen LogP contribution in [0, 0.1) is 11.8 Å². The third kappa shape index (κ3) is 6.30. The van der Waals surface area contributed by atoms with Gasteiger partial charge in [-0.2, -0.15) is 0 Å². The van der Waals surface area contributed by atoms with Crippen LogP contribution in [0.15, 0.2) is 12.2 Å². The van der Waals surface area contributed by atoms with Gasteiger partial charge in [0, 0.05) is 4.43 Å². The second-order valence-corrected chi connectivity index (χ2v) is 13.2. The van der Waals surface area contributed by atoms with Crippen molar-refractivity contribution in [3.05, 3.63) is 12.2 Å². The Bertz CT molecular complexity index is 294. The first-order valence-electron chi connectivity index (χ1n) is 7.30. The number of halogens is 1. The van der Waals surface area contributed by atoms with Crippen LogP contribution in [0.2, 0.25) is 18.1 Å². The molecule has 0 N–H and O–H groups in total. The Hall–Kier alpha value is 0.647. The molecule has 0 amide bonds. The van der Waals surface area contributed by atoms with Crippen LogP contribution in [0.5, 0.6) is 0 Å². The molecule has 0 spiro atoms. The molecule has 0 rings (SSSR count). The summed E-state index contributed by atoms with van der Waals surface area (Å²) >= 11 is 2.48. The largest absolute Gasteiger partial charge is 0.413 e. The third-order valence-corrected chi connectivity index (χ3v) is 10.1. The van der Waals surface area contributed by atoms with Gasteiger partial charge in [0.2, 0.25) is 0 Å². The minimum atomic E-state index is -1.69. The van der Waals surface area contributed by atoms with Crippen LogP contribution >= 0.6 is 22.6 Å². The Balaban J connectivity index is 5.02. The van der Waals surface area contributed by atoms with Gasteiger partial charge < -0.3 is 4.43 Å². The van der Waals surface area contributed by atoms with E-state index >= 15 is 0 Å². The van der Waals surface area contributed by atoms with Gasteiger partial charge in [0.25, 0.3) is 0 Å². The highest BCUT2D eigenvalue weighted by atomic mass is 127. The predicted molar refractivity (Wildman–Crippen MR) is 98.7 cm³/mol. The zero-order valence-corrected chi connectivity index (χ0v) is 17.3. The van der Waals surface area contributed by atoms with Crippen molar-refractivity contribution in [1.29, 1.82) is 0 Å². The van der Waals surface area contributed by atoms with Crippen molar-refractivity contribution in [2.24, 2.45) is 11.8 Å². The molecule has 19 heavy (non-hydrogen) atoms. The van der Waals surface area contributed by atoms with E-state index in [1.165, 1.54) is 5.57 Å². The van der Waals surface area contributed by atoms with Gasteiger partial charge in [0.1, 0.15) is 0 Å². The van der Waals surface area contributed by atoms with Crippen molar-refractivity contribution in [3.8, 4) is 0 Å². The highest BCUT2D eigenvalue weighted by molar-refractivity contribution is 14.1. The molecule has 0 fully saturated rings. The second kappa shape index (κ2) is 7.60. The Kier molecular flexibility index (Phi) is 7.86. The summed E-state index contributed by atoms with van der Waals surface area (Å²) in [6.07, 6.45) is 1.43. The van der Waals surface area contributed by atoms with E-state index in [4.69, 9.17) is 4.43 Å². The van der Waals surface area contributed by atoms with Crippen molar-refractivity contribution >= 4 is 30.9 Å². The molecular formula is C16H33IOSi. The number of hydrogen-bond donors (Lipinski definition) is 0. The summed E-state index contributed by atoms with van der Waals surface area (Å²) in [4.78, 5) is 0. The maximum Gasteiger partial charge on any atom is 0.192 e. The monoisotopic (exact) mass is 396 g/mol. The highest BCUT2D eigenvalue weighted by Crippen LogP contribution is 2.39. The molecule has 0 bridgehead atoms. The molecular weight excluding hydrogens is 363 g/mol. The van der Waals surface area contributed by atoms with Gasteiger partial charge in [-0.25, -0.2) is 0 Å².